The molecule has 0 aliphatic carbocycles. The number of hydrogen-bond donors (Lipinski definition) is 0. The van der Waals surface area contributed by atoms with Gasteiger partial charge in [-0.1, -0.05) is 30.3 Å². The second-order valence-corrected chi connectivity index (χ2v) is 5.11. The van der Waals surface area contributed by atoms with Crippen LogP contribution in [0.1, 0.15) is 5.56 Å². The van der Waals surface area contributed by atoms with Gasteiger partial charge >= 0.3 is 0 Å². The Labute approximate surface area is 108 Å². The molecule has 0 atom stereocenters. The third kappa shape index (κ3) is 4.05. The zero-order chi connectivity index (χ0) is 11.9. The molecule has 0 N–H and O–H groups in total. The fraction of sp³-hybridized carbons (Fsp3) is 0.167. The maximum Gasteiger partial charge on any atom is 0.131 e. The predicted octanol–water partition coefficient (Wildman–Crippen LogP) is 3.91. The molecule has 17 heavy (non-hydrogen) atoms. The molecule has 5 heteroatoms. The third-order valence-electron chi connectivity index (χ3n) is 1.98. The van der Waals surface area contributed by atoms with Gasteiger partial charge in [-0.3, -0.25) is 0 Å². The van der Waals surface area contributed by atoms with Crippen LogP contribution in [-0.4, -0.2) is 7.11 Å². The molecule has 0 bridgehead atoms. The van der Waals surface area contributed by atoms with Gasteiger partial charge in [-0.25, -0.2) is 4.89 Å². The first-order chi connectivity index (χ1) is 8.38. The van der Waals surface area contributed by atoms with Gasteiger partial charge in [0.1, 0.15) is 12.4 Å². The van der Waals surface area contributed by atoms with Gasteiger partial charge in [0.05, 0.1) is 23.4 Å². The standard InChI is InChI=1S/C12H12O3S2/c1-13-15-17-12-7-11(9-16-12)14-8-10-5-3-2-4-6-10/h2-7,9H,8H2,1H3. The summed E-state index contributed by atoms with van der Waals surface area (Å²) in [7, 11) is 1.48. The van der Waals surface area contributed by atoms with Crippen molar-refractivity contribution < 1.29 is 14.0 Å². The first-order valence-electron chi connectivity index (χ1n) is 5.01. The summed E-state index contributed by atoms with van der Waals surface area (Å²) in [4.78, 5) is 4.51. The number of benzene rings is 1. The Morgan fingerprint density at radius 3 is 2.82 bits per heavy atom. The van der Waals surface area contributed by atoms with Crippen LogP contribution in [0.3, 0.4) is 0 Å². The van der Waals surface area contributed by atoms with E-state index < -0.39 is 0 Å². The normalized spacial score (nSPS) is 10.4. The molecule has 3 nitrogen and oxygen atoms in total. The summed E-state index contributed by atoms with van der Waals surface area (Å²) in [5.74, 6) is 0.848. The average Bonchev–Trinajstić information content (AvgIpc) is 2.83. The summed E-state index contributed by atoms with van der Waals surface area (Å²) in [5, 5.41) is 1.95. The molecule has 0 fully saturated rings. The third-order valence-corrected chi connectivity index (χ3v) is 3.66. The zero-order valence-electron chi connectivity index (χ0n) is 9.29. The lowest BCUT2D eigenvalue weighted by atomic mass is 10.2. The molecule has 2 rings (SSSR count). The molecule has 1 aromatic carbocycles. The summed E-state index contributed by atoms with van der Waals surface area (Å²) in [6.45, 7) is 0.576. The van der Waals surface area contributed by atoms with Gasteiger partial charge in [0.25, 0.3) is 0 Å². The summed E-state index contributed by atoms with van der Waals surface area (Å²) in [6.07, 6.45) is 0. The highest BCUT2D eigenvalue weighted by Gasteiger charge is 2.02. The Hall–Kier alpha value is -1.01. The lowest BCUT2D eigenvalue weighted by Gasteiger charge is -2.02. The summed E-state index contributed by atoms with van der Waals surface area (Å²) in [6, 6.07) is 12.0. The number of rotatable bonds is 6. The van der Waals surface area contributed by atoms with E-state index in [1.165, 1.54) is 19.2 Å². The molecular weight excluding hydrogens is 256 g/mol. The van der Waals surface area contributed by atoms with E-state index in [1.807, 2.05) is 41.8 Å². The molecule has 0 unspecified atom stereocenters. The van der Waals surface area contributed by atoms with Crippen molar-refractivity contribution in [1.29, 1.82) is 0 Å². The van der Waals surface area contributed by atoms with Gasteiger partial charge in [-0.15, -0.1) is 11.3 Å². The Morgan fingerprint density at radius 1 is 1.24 bits per heavy atom. The van der Waals surface area contributed by atoms with E-state index in [4.69, 9.17) is 9.07 Å². The highest BCUT2D eigenvalue weighted by Crippen LogP contribution is 2.31. The van der Waals surface area contributed by atoms with Crippen molar-refractivity contribution in [1.82, 2.24) is 0 Å². The Morgan fingerprint density at radius 2 is 2.06 bits per heavy atom. The molecule has 1 aromatic heterocycles. The first-order valence-corrected chi connectivity index (χ1v) is 6.63. The van der Waals surface area contributed by atoms with E-state index in [2.05, 4.69) is 4.89 Å². The SMILES string of the molecule is COOSc1cc(OCc2ccccc2)cs1. The summed E-state index contributed by atoms with van der Waals surface area (Å²) >= 11 is 2.74. The average molecular weight is 268 g/mol. The van der Waals surface area contributed by atoms with E-state index >= 15 is 0 Å². The molecular formula is C12H12O3S2. The predicted molar refractivity (Wildman–Crippen MR) is 69.0 cm³/mol. The first kappa shape index (κ1) is 12.4. The van der Waals surface area contributed by atoms with Crippen LogP contribution in [0.2, 0.25) is 0 Å². The van der Waals surface area contributed by atoms with Gasteiger partial charge in [0, 0.05) is 11.4 Å². The molecule has 0 saturated carbocycles. The maximum absolute atomic E-state index is 5.65. The number of ether oxygens (including phenoxy) is 1. The van der Waals surface area contributed by atoms with Crippen LogP contribution in [0.25, 0.3) is 0 Å². The Bertz CT molecular complexity index is 442. The van der Waals surface area contributed by atoms with E-state index in [1.54, 1.807) is 11.3 Å². The quantitative estimate of drug-likeness (QED) is 0.451. The van der Waals surface area contributed by atoms with Crippen LogP contribution in [0, 0.1) is 0 Å². The minimum Gasteiger partial charge on any atom is -0.488 e. The van der Waals surface area contributed by atoms with Crippen molar-refractivity contribution in [3.8, 4) is 5.75 Å². The molecule has 0 amide bonds. The van der Waals surface area contributed by atoms with Crippen molar-refractivity contribution in [3.63, 3.8) is 0 Å². The van der Waals surface area contributed by atoms with Crippen LogP contribution in [0.15, 0.2) is 46.0 Å². The van der Waals surface area contributed by atoms with E-state index in [9.17, 15) is 0 Å². The topological polar surface area (TPSA) is 27.7 Å². The molecule has 0 spiro atoms. The van der Waals surface area contributed by atoms with Gasteiger partial charge in [0.2, 0.25) is 0 Å². The van der Waals surface area contributed by atoms with Gasteiger partial charge in [-0.05, 0) is 5.56 Å². The van der Waals surface area contributed by atoms with Crippen molar-refractivity contribution in [2.24, 2.45) is 0 Å². The van der Waals surface area contributed by atoms with Crippen LogP contribution < -0.4 is 4.74 Å². The molecule has 2 aromatic rings. The number of thiophene rings is 1. The van der Waals surface area contributed by atoms with Crippen molar-refractivity contribution >= 4 is 23.4 Å². The van der Waals surface area contributed by atoms with Crippen molar-refractivity contribution in [3.05, 3.63) is 47.3 Å². The molecule has 0 saturated heterocycles. The largest absolute Gasteiger partial charge is 0.488 e. The Kier molecular flexibility index (Phi) is 4.88. The van der Waals surface area contributed by atoms with Gasteiger partial charge < -0.3 is 4.74 Å². The fourth-order valence-corrected chi connectivity index (χ4v) is 2.46. The van der Waals surface area contributed by atoms with Crippen LogP contribution in [-0.2, 0) is 15.8 Å². The van der Waals surface area contributed by atoms with E-state index in [0.717, 1.165) is 15.5 Å². The summed E-state index contributed by atoms with van der Waals surface area (Å²) in [5.41, 5.74) is 1.15. The molecule has 0 aliphatic rings. The zero-order valence-corrected chi connectivity index (χ0v) is 10.9. The molecule has 0 radical (unpaired) electrons. The Balaban J connectivity index is 1.85. The van der Waals surface area contributed by atoms with E-state index in [0.29, 0.717) is 6.61 Å². The van der Waals surface area contributed by atoms with Crippen molar-refractivity contribution in [2.75, 3.05) is 7.11 Å². The van der Waals surface area contributed by atoms with Crippen LogP contribution >= 0.6 is 23.4 Å². The number of hydrogen-bond acceptors (Lipinski definition) is 5. The highest BCUT2D eigenvalue weighted by atomic mass is 32.2. The monoisotopic (exact) mass is 268 g/mol. The smallest absolute Gasteiger partial charge is 0.131 e. The maximum atomic E-state index is 5.65. The van der Waals surface area contributed by atoms with Crippen molar-refractivity contribution in [2.45, 2.75) is 10.8 Å². The summed E-state index contributed by atoms with van der Waals surface area (Å²) < 4.78 is 11.4. The highest BCUT2D eigenvalue weighted by molar-refractivity contribution is 7.96. The van der Waals surface area contributed by atoms with Crippen LogP contribution in [0.5, 0.6) is 5.75 Å². The fourth-order valence-electron chi connectivity index (χ4n) is 1.23. The van der Waals surface area contributed by atoms with E-state index in [-0.39, 0.29) is 0 Å². The minimum absolute atomic E-state index is 0.576. The second kappa shape index (κ2) is 6.66. The van der Waals surface area contributed by atoms with Crippen LogP contribution in [0.4, 0.5) is 0 Å². The molecule has 1 heterocycles. The lowest BCUT2D eigenvalue weighted by Crippen LogP contribution is -1.93. The lowest BCUT2D eigenvalue weighted by molar-refractivity contribution is -0.160. The van der Waals surface area contributed by atoms with Gasteiger partial charge in [0.15, 0.2) is 0 Å². The molecule has 90 valence electrons. The molecule has 0 aliphatic heterocycles. The second-order valence-electron chi connectivity index (χ2n) is 3.19. The van der Waals surface area contributed by atoms with Gasteiger partial charge in [-0.2, -0.15) is 4.33 Å². The minimum atomic E-state index is 0.576.